The van der Waals surface area contributed by atoms with Crippen molar-refractivity contribution in [3.05, 3.63) is 0 Å². The van der Waals surface area contributed by atoms with Crippen LogP contribution < -0.4 is 0 Å². The van der Waals surface area contributed by atoms with Gasteiger partial charge in [-0.3, -0.25) is 13.1 Å². The van der Waals surface area contributed by atoms with Gasteiger partial charge in [0.25, 0.3) is 0 Å². The van der Waals surface area contributed by atoms with Crippen LogP contribution in [0, 0.1) is 0 Å². The molecule has 0 saturated carbocycles. The van der Waals surface area contributed by atoms with Gasteiger partial charge in [-0.15, -0.1) is 0 Å². The highest BCUT2D eigenvalue weighted by Crippen LogP contribution is 2.08. The second kappa shape index (κ2) is 4.76. The van der Waals surface area contributed by atoms with E-state index in [9.17, 15) is 4.21 Å². The van der Waals surface area contributed by atoms with Crippen molar-refractivity contribution in [2.24, 2.45) is 0 Å². The molecule has 0 spiro atoms. The normalized spacial score (nSPS) is 14.0. The Morgan fingerprint density at radius 1 is 1.30 bits per heavy atom. The molecule has 0 aliphatic heterocycles. The van der Waals surface area contributed by atoms with Crippen molar-refractivity contribution < 1.29 is 17.3 Å². The van der Waals surface area contributed by atoms with Gasteiger partial charge in [-0.2, -0.15) is 4.21 Å². The Hall–Kier alpha value is -0.0000000000000000278. The summed E-state index contributed by atoms with van der Waals surface area (Å²) in [7, 11) is 1.34. The molecule has 0 rings (SSSR count). The van der Waals surface area contributed by atoms with Crippen LogP contribution in [-0.4, -0.2) is 16.9 Å². The van der Waals surface area contributed by atoms with Crippen LogP contribution in [0.2, 0.25) is 0 Å². The zero-order valence-electron chi connectivity index (χ0n) is 6.54. The van der Waals surface area contributed by atoms with Crippen molar-refractivity contribution >= 4 is 11.4 Å². The molecule has 5 heteroatoms. The van der Waals surface area contributed by atoms with Gasteiger partial charge >= 0.3 is 11.4 Å². The summed E-state index contributed by atoms with van der Waals surface area (Å²) in [4.78, 5) is 0. The Labute approximate surface area is 62.9 Å². The van der Waals surface area contributed by atoms with E-state index in [1.54, 1.807) is 0 Å². The third-order valence-corrected chi connectivity index (χ3v) is 1.36. The van der Waals surface area contributed by atoms with Crippen LogP contribution in [0.15, 0.2) is 0 Å². The lowest BCUT2D eigenvalue weighted by atomic mass is 10.2. The van der Waals surface area contributed by atoms with E-state index < -0.39 is 17.0 Å². The van der Waals surface area contributed by atoms with E-state index in [-0.39, 0.29) is 4.70 Å². The SMILES string of the molecule is COS(=O)OC(C)(C)C.F. The molecule has 0 aromatic carbocycles. The zero-order chi connectivity index (χ0) is 7.49. The molecular formula is C5H13FO3S. The maximum absolute atomic E-state index is 10.5. The van der Waals surface area contributed by atoms with Crippen molar-refractivity contribution in [3.63, 3.8) is 0 Å². The van der Waals surface area contributed by atoms with Crippen LogP contribution in [0.3, 0.4) is 0 Å². The molecule has 0 aromatic heterocycles. The Morgan fingerprint density at radius 3 is 1.80 bits per heavy atom. The second-order valence-corrected chi connectivity index (χ2v) is 3.47. The molecule has 0 aromatic rings. The maximum atomic E-state index is 10.5. The van der Waals surface area contributed by atoms with Gasteiger partial charge in [0.05, 0.1) is 12.7 Å². The van der Waals surface area contributed by atoms with Gasteiger partial charge in [0.2, 0.25) is 0 Å². The van der Waals surface area contributed by atoms with E-state index in [2.05, 4.69) is 4.18 Å². The van der Waals surface area contributed by atoms with Crippen LogP contribution in [0.25, 0.3) is 0 Å². The molecule has 1 unspecified atom stereocenters. The highest BCUT2D eigenvalue weighted by atomic mass is 32.2. The fourth-order valence-electron chi connectivity index (χ4n) is 0.238. The summed E-state index contributed by atoms with van der Waals surface area (Å²) in [5.74, 6) is 0. The lowest BCUT2D eigenvalue weighted by molar-refractivity contribution is 0.129. The fourth-order valence-corrected chi connectivity index (χ4v) is 0.714. The zero-order valence-corrected chi connectivity index (χ0v) is 7.36. The summed E-state index contributed by atoms with van der Waals surface area (Å²) in [6, 6.07) is 0. The predicted molar refractivity (Wildman–Crippen MR) is 38.5 cm³/mol. The van der Waals surface area contributed by atoms with Gasteiger partial charge in [0.15, 0.2) is 0 Å². The molecule has 0 aliphatic carbocycles. The van der Waals surface area contributed by atoms with Gasteiger partial charge in [-0.25, -0.2) is 0 Å². The molecule has 0 amide bonds. The van der Waals surface area contributed by atoms with E-state index in [0.717, 1.165) is 0 Å². The number of rotatable bonds is 2. The van der Waals surface area contributed by atoms with Gasteiger partial charge in [-0.05, 0) is 20.8 Å². The molecule has 64 valence electrons. The molecule has 0 radical (unpaired) electrons. The van der Waals surface area contributed by atoms with E-state index in [1.165, 1.54) is 7.11 Å². The molecular weight excluding hydrogens is 159 g/mol. The summed E-state index contributed by atoms with van der Waals surface area (Å²) in [6.07, 6.45) is 0. The summed E-state index contributed by atoms with van der Waals surface area (Å²) in [6.45, 7) is 5.43. The molecule has 3 nitrogen and oxygen atoms in total. The quantitative estimate of drug-likeness (QED) is 0.627. The minimum atomic E-state index is -1.60. The van der Waals surface area contributed by atoms with Gasteiger partial charge < -0.3 is 0 Å². The topological polar surface area (TPSA) is 35.5 Å². The van der Waals surface area contributed by atoms with Crippen LogP contribution in [0.5, 0.6) is 0 Å². The first kappa shape index (κ1) is 12.7. The first-order chi connectivity index (χ1) is 3.95. The average Bonchev–Trinajstić information content (AvgIpc) is 1.62. The van der Waals surface area contributed by atoms with Crippen molar-refractivity contribution in [1.82, 2.24) is 0 Å². The molecule has 10 heavy (non-hydrogen) atoms. The van der Waals surface area contributed by atoms with Gasteiger partial charge in [0.1, 0.15) is 0 Å². The third-order valence-electron chi connectivity index (χ3n) is 0.454. The lowest BCUT2D eigenvalue weighted by Crippen LogP contribution is -2.20. The summed E-state index contributed by atoms with van der Waals surface area (Å²) >= 11 is -1.60. The molecule has 0 fully saturated rings. The largest absolute Gasteiger partial charge is 0.304 e. The van der Waals surface area contributed by atoms with E-state index >= 15 is 0 Å². The summed E-state index contributed by atoms with van der Waals surface area (Å²) < 4.78 is 19.7. The van der Waals surface area contributed by atoms with Crippen molar-refractivity contribution in [2.75, 3.05) is 7.11 Å². The number of halogens is 1. The Kier molecular flexibility index (Phi) is 6.02. The smallest absolute Gasteiger partial charge is 0.272 e. The fraction of sp³-hybridized carbons (Fsp3) is 1.00. The molecule has 0 heterocycles. The van der Waals surface area contributed by atoms with Gasteiger partial charge in [-0.1, -0.05) is 0 Å². The minimum Gasteiger partial charge on any atom is -0.272 e. The minimum absolute atomic E-state index is 0. The standard InChI is InChI=1S/C5H12O3S.FH/c1-5(2,3)8-9(6)7-4;/h1-4H3;1H. The van der Waals surface area contributed by atoms with Crippen molar-refractivity contribution in [1.29, 1.82) is 0 Å². The molecule has 1 atom stereocenters. The van der Waals surface area contributed by atoms with Crippen LogP contribution >= 0.6 is 0 Å². The summed E-state index contributed by atoms with van der Waals surface area (Å²) in [5.41, 5.74) is -0.402. The molecule has 0 bridgehead atoms. The number of hydrogen-bond donors (Lipinski definition) is 0. The molecule has 0 aliphatic rings. The van der Waals surface area contributed by atoms with Crippen LogP contribution in [0.4, 0.5) is 4.70 Å². The highest BCUT2D eigenvalue weighted by molar-refractivity contribution is 7.75. The molecule has 0 N–H and O–H groups in total. The first-order valence-electron chi connectivity index (χ1n) is 2.61. The highest BCUT2D eigenvalue weighted by Gasteiger charge is 2.14. The monoisotopic (exact) mass is 172 g/mol. The molecule has 0 saturated heterocycles. The van der Waals surface area contributed by atoms with E-state index in [1.807, 2.05) is 20.8 Å². The summed E-state index contributed by atoms with van der Waals surface area (Å²) in [5, 5.41) is 0. The Bertz CT molecular complexity index is 110. The lowest BCUT2D eigenvalue weighted by Gasteiger charge is -2.15. The first-order valence-corrected chi connectivity index (χ1v) is 3.61. The van der Waals surface area contributed by atoms with Crippen molar-refractivity contribution in [3.8, 4) is 0 Å². The van der Waals surface area contributed by atoms with Crippen LogP contribution in [0.1, 0.15) is 20.8 Å². The van der Waals surface area contributed by atoms with Crippen LogP contribution in [-0.2, 0) is 19.7 Å². The Morgan fingerprint density at radius 2 is 1.70 bits per heavy atom. The van der Waals surface area contributed by atoms with E-state index in [4.69, 9.17) is 4.18 Å². The Balaban J connectivity index is 0. The maximum Gasteiger partial charge on any atom is 0.304 e. The van der Waals surface area contributed by atoms with Gasteiger partial charge in [0, 0.05) is 0 Å². The second-order valence-electron chi connectivity index (χ2n) is 2.57. The van der Waals surface area contributed by atoms with E-state index in [0.29, 0.717) is 0 Å². The van der Waals surface area contributed by atoms with Crippen molar-refractivity contribution in [2.45, 2.75) is 26.4 Å². The average molecular weight is 172 g/mol. The number of hydrogen-bond acceptors (Lipinski definition) is 3. The predicted octanol–water partition coefficient (Wildman–Crippen LogP) is 1.18. The third kappa shape index (κ3) is 8.00.